The maximum Gasteiger partial charge on any atom is 0.408 e. The van der Waals surface area contributed by atoms with Crippen LogP contribution in [0.2, 0.25) is 0 Å². The van der Waals surface area contributed by atoms with Gasteiger partial charge in [0, 0.05) is 24.2 Å². The van der Waals surface area contributed by atoms with Gasteiger partial charge in [-0.3, -0.25) is 14.4 Å². The van der Waals surface area contributed by atoms with Gasteiger partial charge in [0.15, 0.2) is 5.78 Å². The molecular weight excluding hydrogens is 452 g/mol. The van der Waals surface area contributed by atoms with Crippen molar-refractivity contribution in [3.63, 3.8) is 0 Å². The number of amides is 2. The van der Waals surface area contributed by atoms with E-state index in [1.54, 1.807) is 40.8 Å². The van der Waals surface area contributed by atoms with Crippen LogP contribution in [0, 0.1) is 5.92 Å². The highest BCUT2D eigenvalue weighted by Crippen LogP contribution is 2.25. The second kappa shape index (κ2) is 11.0. The third-order valence-electron chi connectivity index (χ3n) is 5.97. The molecule has 0 bridgehead atoms. The highest BCUT2D eigenvalue weighted by Gasteiger charge is 2.56. The summed E-state index contributed by atoms with van der Waals surface area (Å²) >= 11 is 0. The summed E-state index contributed by atoms with van der Waals surface area (Å²) in [4.78, 5) is 55.5. The highest BCUT2D eigenvalue weighted by molar-refractivity contribution is 6.30. The summed E-state index contributed by atoms with van der Waals surface area (Å²) in [6.45, 7) is 8.50. The van der Waals surface area contributed by atoms with Gasteiger partial charge in [-0.2, -0.15) is 0 Å². The molecule has 1 heterocycles. The number of hydrogen-bond acceptors (Lipinski definition) is 7. The van der Waals surface area contributed by atoms with E-state index in [0.29, 0.717) is 6.42 Å². The molecule has 6 N–H and O–H groups in total. The summed E-state index contributed by atoms with van der Waals surface area (Å²) in [6, 6.07) is 4.87. The average Bonchev–Trinajstić information content (AvgIpc) is 3.18. The predicted octanol–water partition coefficient (Wildman–Crippen LogP) is 1.99. The number of ether oxygens (including phenoxy) is 2. The SMILES string of the molecule is CC[C@H](C)[C@H](NC(=O)OC(C)(C)C)C(=O)C(OC)(C(N)=O)C(=O)[C@@H](N)Cc1c[nH]c2ccccc12. The minimum Gasteiger partial charge on any atom is -0.444 e. The number of ketones is 2. The molecule has 0 saturated heterocycles. The number of hydrogen-bond donors (Lipinski definition) is 4. The maximum atomic E-state index is 13.7. The standard InChI is InChI=1S/C25H36N4O6/c1-7-14(2)19(29-23(33)35-24(3,4)5)21(31)25(34-6,22(27)32)20(30)17(26)12-15-13-28-18-11-9-8-10-16(15)18/h8-11,13-14,17,19,28H,7,12,26H2,1-6H3,(H2,27,32)(H,29,33)/t14-,17-,19-,25?/m0/s1. The number of H-pyrrole nitrogens is 1. The molecule has 0 saturated carbocycles. The Morgan fingerprint density at radius 1 is 1.11 bits per heavy atom. The number of primary amides is 1. The van der Waals surface area contributed by atoms with Crippen molar-refractivity contribution >= 4 is 34.5 Å². The summed E-state index contributed by atoms with van der Waals surface area (Å²) < 4.78 is 10.5. The van der Waals surface area contributed by atoms with Crippen LogP contribution in [0.25, 0.3) is 10.9 Å². The first-order valence-electron chi connectivity index (χ1n) is 11.5. The number of Topliss-reactive ketones (excluding diaryl/α,β-unsaturated/α-hetero) is 2. The molecule has 2 rings (SSSR count). The maximum absolute atomic E-state index is 13.7. The Balaban J connectivity index is 2.41. The number of methoxy groups -OCH3 is 1. The number of para-hydroxylation sites is 1. The summed E-state index contributed by atoms with van der Waals surface area (Å²) in [7, 11) is 1.04. The van der Waals surface area contributed by atoms with E-state index in [4.69, 9.17) is 20.9 Å². The van der Waals surface area contributed by atoms with Gasteiger partial charge in [0.2, 0.25) is 5.78 Å². The van der Waals surface area contributed by atoms with Gasteiger partial charge in [0.05, 0.1) is 12.1 Å². The van der Waals surface area contributed by atoms with Gasteiger partial charge >= 0.3 is 6.09 Å². The lowest BCUT2D eigenvalue weighted by Crippen LogP contribution is -2.68. The Hall–Kier alpha value is -3.24. The summed E-state index contributed by atoms with van der Waals surface area (Å²) in [5.41, 5.74) is 9.87. The van der Waals surface area contributed by atoms with Crippen LogP contribution in [0.4, 0.5) is 4.79 Å². The zero-order valence-corrected chi connectivity index (χ0v) is 21.1. The molecule has 35 heavy (non-hydrogen) atoms. The molecule has 0 spiro atoms. The van der Waals surface area contributed by atoms with Gasteiger partial charge < -0.3 is 31.2 Å². The number of nitrogens with one attached hydrogen (secondary N) is 2. The quantitative estimate of drug-likeness (QED) is 0.351. The monoisotopic (exact) mass is 488 g/mol. The number of nitrogens with two attached hydrogens (primary N) is 2. The molecule has 0 aliphatic rings. The van der Waals surface area contributed by atoms with Crippen molar-refractivity contribution in [2.24, 2.45) is 17.4 Å². The molecule has 0 aliphatic heterocycles. The van der Waals surface area contributed by atoms with Crippen LogP contribution in [-0.2, 0) is 30.3 Å². The van der Waals surface area contributed by atoms with Crippen molar-refractivity contribution in [1.82, 2.24) is 10.3 Å². The fraction of sp³-hybridized carbons (Fsp3) is 0.520. The van der Waals surface area contributed by atoms with Crippen LogP contribution in [0.1, 0.15) is 46.6 Å². The van der Waals surface area contributed by atoms with E-state index >= 15 is 0 Å². The van der Waals surface area contributed by atoms with E-state index < -0.39 is 52.8 Å². The average molecular weight is 489 g/mol. The molecule has 0 aliphatic carbocycles. The second-order valence-corrected chi connectivity index (χ2v) is 9.66. The van der Waals surface area contributed by atoms with Crippen LogP contribution in [0.5, 0.6) is 0 Å². The Morgan fingerprint density at radius 3 is 2.29 bits per heavy atom. The summed E-state index contributed by atoms with van der Waals surface area (Å²) in [5.74, 6) is -3.75. The van der Waals surface area contributed by atoms with Gasteiger partial charge in [0.1, 0.15) is 5.60 Å². The number of carbonyl (C=O) groups excluding carboxylic acids is 4. The number of aromatic nitrogens is 1. The van der Waals surface area contributed by atoms with Crippen molar-refractivity contribution in [3.05, 3.63) is 36.0 Å². The van der Waals surface area contributed by atoms with Crippen LogP contribution >= 0.6 is 0 Å². The Bertz CT molecular complexity index is 1090. The molecule has 10 nitrogen and oxygen atoms in total. The molecule has 2 amide bonds. The number of benzene rings is 1. The van der Waals surface area contributed by atoms with E-state index in [1.165, 1.54) is 0 Å². The summed E-state index contributed by atoms with van der Waals surface area (Å²) in [6.07, 6.45) is 1.31. The molecule has 192 valence electrons. The molecule has 0 radical (unpaired) electrons. The lowest BCUT2D eigenvalue weighted by molar-refractivity contribution is -0.164. The van der Waals surface area contributed by atoms with Crippen LogP contribution in [0.3, 0.4) is 0 Å². The highest BCUT2D eigenvalue weighted by atomic mass is 16.6. The number of rotatable bonds is 11. The van der Waals surface area contributed by atoms with Crippen molar-refractivity contribution in [2.75, 3.05) is 7.11 Å². The Kier molecular flexibility index (Phi) is 8.80. The van der Waals surface area contributed by atoms with E-state index in [2.05, 4.69) is 10.3 Å². The molecule has 2 aromatic rings. The second-order valence-electron chi connectivity index (χ2n) is 9.66. The van der Waals surface area contributed by atoms with Gasteiger partial charge in [-0.05, 0) is 44.7 Å². The van der Waals surface area contributed by atoms with E-state index in [1.807, 2.05) is 24.3 Å². The van der Waals surface area contributed by atoms with Crippen LogP contribution in [-0.4, -0.2) is 58.9 Å². The van der Waals surface area contributed by atoms with Gasteiger partial charge in [-0.1, -0.05) is 38.5 Å². The largest absolute Gasteiger partial charge is 0.444 e. The number of aromatic amines is 1. The molecule has 1 unspecified atom stereocenters. The molecule has 1 aromatic carbocycles. The van der Waals surface area contributed by atoms with E-state index in [-0.39, 0.29) is 6.42 Å². The normalized spacial score (nSPS) is 16.1. The Labute approximate surface area is 205 Å². The van der Waals surface area contributed by atoms with E-state index in [0.717, 1.165) is 23.6 Å². The topological polar surface area (TPSA) is 167 Å². The summed E-state index contributed by atoms with van der Waals surface area (Å²) in [5, 5.41) is 3.34. The first kappa shape index (κ1) is 28.0. The molecule has 0 fully saturated rings. The minimum absolute atomic E-state index is 0.0298. The first-order chi connectivity index (χ1) is 16.3. The van der Waals surface area contributed by atoms with Crippen molar-refractivity contribution in [3.8, 4) is 0 Å². The van der Waals surface area contributed by atoms with Gasteiger partial charge in [-0.25, -0.2) is 4.79 Å². The van der Waals surface area contributed by atoms with Crippen molar-refractivity contribution in [2.45, 2.75) is 70.7 Å². The number of carbonyl (C=O) groups is 4. The van der Waals surface area contributed by atoms with Crippen LogP contribution < -0.4 is 16.8 Å². The third kappa shape index (κ3) is 6.07. The minimum atomic E-state index is -2.69. The van der Waals surface area contributed by atoms with Crippen LogP contribution in [0.15, 0.2) is 30.5 Å². The molecule has 10 heteroatoms. The number of fused-ring (bicyclic) bond motifs is 1. The first-order valence-corrected chi connectivity index (χ1v) is 11.5. The predicted molar refractivity (Wildman–Crippen MR) is 132 cm³/mol. The lowest BCUT2D eigenvalue weighted by Gasteiger charge is -2.34. The third-order valence-corrected chi connectivity index (χ3v) is 5.97. The zero-order valence-electron chi connectivity index (χ0n) is 21.1. The van der Waals surface area contributed by atoms with Gasteiger partial charge in [-0.15, -0.1) is 0 Å². The molecular formula is C25H36N4O6. The molecule has 1 aromatic heterocycles. The number of alkyl carbamates (subject to hydrolysis) is 1. The zero-order chi connectivity index (χ0) is 26.6. The van der Waals surface area contributed by atoms with Crippen molar-refractivity contribution < 1.29 is 28.7 Å². The van der Waals surface area contributed by atoms with Crippen molar-refractivity contribution in [1.29, 1.82) is 0 Å². The lowest BCUT2D eigenvalue weighted by atomic mass is 9.79. The fourth-order valence-corrected chi connectivity index (χ4v) is 3.91. The Morgan fingerprint density at radius 2 is 1.74 bits per heavy atom. The fourth-order valence-electron chi connectivity index (χ4n) is 3.91. The van der Waals surface area contributed by atoms with Gasteiger partial charge in [0.25, 0.3) is 11.5 Å². The molecule has 4 atom stereocenters. The van der Waals surface area contributed by atoms with E-state index in [9.17, 15) is 19.2 Å². The smallest absolute Gasteiger partial charge is 0.408 e.